The van der Waals surface area contributed by atoms with Gasteiger partial charge in [-0.2, -0.15) is 0 Å². The lowest BCUT2D eigenvalue weighted by Crippen LogP contribution is -2.21. The van der Waals surface area contributed by atoms with Gasteiger partial charge in [-0.3, -0.25) is 4.79 Å². The fraction of sp³-hybridized carbons (Fsp3) is 0.917. The standard InChI is InChI=1S/C12H23NO/c1-11(14)13-10-6-9-12-7-4-2-3-5-8-12/h12H,2-10H2,1H3,(H,13,14). The van der Waals surface area contributed by atoms with Crippen LogP contribution in [-0.2, 0) is 4.79 Å². The fourth-order valence-corrected chi connectivity index (χ4v) is 2.31. The molecule has 0 spiro atoms. The van der Waals surface area contributed by atoms with E-state index in [1.165, 1.54) is 44.9 Å². The van der Waals surface area contributed by atoms with E-state index < -0.39 is 0 Å². The van der Waals surface area contributed by atoms with Crippen molar-refractivity contribution in [3.8, 4) is 0 Å². The molecule has 1 fully saturated rings. The quantitative estimate of drug-likeness (QED) is 0.545. The third kappa shape index (κ3) is 5.25. The molecule has 0 atom stereocenters. The molecule has 1 rings (SSSR count). The van der Waals surface area contributed by atoms with Gasteiger partial charge in [-0.15, -0.1) is 0 Å². The Labute approximate surface area is 87.5 Å². The molecule has 0 aromatic rings. The molecule has 0 unspecified atom stereocenters. The molecule has 1 aliphatic rings. The van der Waals surface area contributed by atoms with Gasteiger partial charge in [0.1, 0.15) is 0 Å². The average molecular weight is 197 g/mol. The number of hydrogen-bond acceptors (Lipinski definition) is 1. The first-order valence-electron chi connectivity index (χ1n) is 6.03. The van der Waals surface area contributed by atoms with E-state index in [1.54, 1.807) is 6.92 Å². The maximum atomic E-state index is 10.6. The average Bonchev–Trinajstić information content (AvgIpc) is 2.40. The van der Waals surface area contributed by atoms with E-state index in [-0.39, 0.29) is 5.91 Å². The molecule has 0 aromatic heterocycles. The van der Waals surface area contributed by atoms with Crippen LogP contribution in [-0.4, -0.2) is 12.5 Å². The summed E-state index contributed by atoms with van der Waals surface area (Å²) in [5.74, 6) is 1.04. The van der Waals surface area contributed by atoms with E-state index in [0.29, 0.717) is 0 Å². The second-order valence-corrected chi connectivity index (χ2v) is 4.48. The van der Waals surface area contributed by atoms with Crippen LogP contribution in [0, 0.1) is 5.92 Å². The molecule has 1 aliphatic carbocycles. The van der Waals surface area contributed by atoms with Crippen molar-refractivity contribution in [2.75, 3.05) is 6.54 Å². The molecule has 0 heterocycles. The largest absolute Gasteiger partial charge is 0.356 e. The molecule has 14 heavy (non-hydrogen) atoms. The second-order valence-electron chi connectivity index (χ2n) is 4.48. The van der Waals surface area contributed by atoms with Gasteiger partial charge < -0.3 is 5.32 Å². The van der Waals surface area contributed by atoms with Crippen molar-refractivity contribution >= 4 is 5.91 Å². The van der Waals surface area contributed by atoms with Gasteiger partial charge in [-0.25, -0.2) is 0 Å². The minimum absolute atomic E-state index is 0.103. The lowest BCUT2D eigenvalue weighted by molar-refractivity contribution is -0.118. The van der Waals surface area contributed by atoms with Crippen molar-refractivity contribution in [2.24, 2.45) is 5.92 Å². The number of carbonyl (C=O) groups is 1. The van der Waals surface area contributed by atoms with Crippen LogP contribution >= 0.6 is 0 Å². The molecular formula is C12H23NO. The zero-order chi connectivity index (χ0) is 10.2. The van der Waals surface area contributed by atoms with Crippen LogP contribution in [0.3, 0.4) is 0 Å². The van der Waals surface area contributed by atoms with E-state index in [0.717, 1.165) is 18.9 Å². The summed E-state index contributed by atoms with van der Waals surface area (Å²) in [5.41, 5.74) is 0. The Kier molecular flexibility index (Phi) is 5.65. The van der Waals surface area contributed by atoms with Gasteiger partial charge in [0.05, 0.1) is 0 Å². The van der Waals surface area contributed by atoms with Gasteiger partial charge in [0.15, 0.2) is 0 Å². The van der Waals surface area contributed by atoms with Crippen molar-refractivity contribution in [2.45, 2.75) is 58.3 Å². The third-order valence-electron chi connectivity index (χ3n) is 3.14. The van der Waals surface area contributed by atoms with Gasteiger partial charge in [-0.05, 0) is 18.8 Å². The first kappa shape index (κ1) is 11.5. The molecule has 2 heteroatoms. The first-order valence-corrected chi connectivity index (χ1v) is 6.03. The smallest absolute Gasteiger partial charge is 0.216 e. The Hall–Kier alpha value is -0.530. The van der Waals surface area contributed by atoms with Crippen LogP contribution in [0.1, 0.15) is 58.3 Å². The molecular weight excluding hydrogens is 174 g/mol. The highest BCUT2D eigenvalue weighted by molar-refractivity contribution is 5.72. The van der Waals surface area contributed by atoms with E-state index in [2.05, 4.69) is 5.32 Å². The number of hydrogen-bond donors (Lipinski definition) is 1. The summed E-state index contributed by atoms with van der Waals surface area (Å²) < 4.78 is 0. The van der Waals surface area contributed by atoms with E-state index in [1.807, 2.05) is 0 Å². The minimum atomic E-state index is 0.103. The van der Waals surface area contributed by atoms with Crippen molar-refractivity contribution in [1.29, 1.82) is 0 Å². The maximum Gasteiger partial charge on any atom is 0.216 e. The van der Waals surface area contributed by atoms with Crippen LogP contribution in [0.4, 0.5) is 0 Å². The van der Waals surface area contributed by atoms with Crippen molar-refractivity contribution < 1.29 is 4.79 Å². The van der Waals surface area contributed by atoms with Gasteiger partial charge >= 0.3 is 0 Å². The SMILES string of the molecule is CC(=O)NCCCC1CCCCCC1. The first-order chi connectivity index (χ1) is 6.79. The molecule has 0 radical (unpaired) electrons. The zero-order valence-corrected chi connectivity index (χ0v) is 9.35. The molecule has 0 aromatic carbocycles. The number of rotatable bonds is 4. The summed E-state index contributed by atoms with van der Waals surface area (Å²) >= 11 is 0. The van der Waals surface area contributed by atoms with E-state index in [9.17, 15) is 4.79 Å². The summed E-state index contributed by atoms with van der Waals surface area (Å²) in [6, 6.07) is 0. The van der Waals surface area contributed by atoms with Crippen LogP contribution < -0.4 is 5.32 Å². The van der Waals surface area contributed by atoms with Crippen LogP contribution in [0.5, 0.6) is 0 Å². The highest BCUT2D eigenvalue weighted by Gasteiger charge is 2.11. The van der Waals surface area contributed by atoms with Gasteiger partial charge in [-0.1, -0.05) is 38.5 Å². The number of nitrogens with one attached hydrogen (secondary N) is 1. The van der Waals surface area contributed by atoms with Crippen LogP contribution in [0.2, 0.25) is 0 Å². The van der Waals surface area contributed by atoms with Crippen molar-refractivity contribution in [1.82, 2.24) is 5.32 Å². The predicted molar refractivity (Wildman–Crippen MR) is 59.1 cm³/mol. The minimum Gasteiger partial charge on any atom is -0.356 e. The van der Waals surface area contributed by atoms with Crippen molar-refractivity contribution in [3.05, 3.63) is 0 Å². The predicted octanol–water partition coefficient (Wildman–Crippen LogP) is 2.87. The zero-order valence-electron chi connectivity index (χ0n) is 9.35. The Bertz CT molecular complexity index is 160. The summed E-state index contributed by atoms with van der Waals surface area (Å²) in [7, 11) is 0. The third-order valence-corrected chi connectivity index (χ3v) is 3.14. The topological polar surface area (TPSA) is 29.1 Å². The molecule has 0 bridgehead atoms. The van der Waals surface area contributed by atoms with E-state index >= 15 is 0 Å². The highest BCUT2D eigenvalue weighted by Crippen LogP contribution is 2.25. The lowest BCUT2D eigenvalue weighted by Gasteiger charge is -2.13. The molecule has 2 nitrogen and oxygen atoms in total. The summed E-state index contributed by atoms with van der Waals surface area (Å²) in [5, 5.41) is 2.86. The number of carbonyl (C=O) groups excluding carboxylic acids is 1. The molecule has 1 saturated carbocycles. The van der Waals surface area contributed by atoms with E-state index in [4.69, 9.17) is 0 Å². The van der Waals surface area contributed by atoms with Crippen LogP contribution in [0.15, 0.2) is 0 Å². The molecule has 1 amide bonds. The monoisotopic (exact) mass is 197 g/mol. The fourth-order valence-electron chi connectivity index (χ4n) is 2.31. The maximum absolute atomic E-state index is 10.6. The summed E-state index contributed by atoms with van der Waals surface area (Å²) in [6.07, 6.45) is 11.0. The molecule has 0 aliphatic heterocycles. The second kappa shape index (κ2) is 6.86. The summed E-state index contributed by atoms with van der Waals surface area (Å²) in [6.45, 7) is 2.46. The van der Waals surface area contributed by atoms with Crippen LogP contribution in [0.25, 0.3) is 0 Å². The number of amides is 1. The normalized spacial score (nSPS) is 18.9. The van der Waals surface area contributed by atoms with Gasteiger partial charge in [0.25, 0.3) is 0 Å². The molecule has 82 valence electrons. The summed E-state index contributed by atoms with van der Waals surface area (Å²) in [4.78, 5) is 10.6. The van der Waals surface area contributed by atoms with Gasteiger partial charge in [0.2, 0.25) is 5.91 Å². The Morgan fingerprint density at radius 1 is 1.21 bits per heavy atom. The Balaban J connectivity index is 2.01. The lowest BCUT2D eigenvalue weighted by atomic mass is 9.95. The molecule has 1 N–H and O–H groups in total. The van der Waals surface area contributed by atoms with Crippen molar-refractivity contribution in [3.63, 3.8) is 0 Å². The van der Waals surface area contributed by atoms with Gasteiger partial charge in [0, 0.05) is 13.5 Å². The highest BCUT2D eigenvalue weighted by atomic mass is 16.1. The Morgan fingerprint density at radius 2 is 1.86 bits per heavy atom. The molecule has 0 saturated heterocycles. The Morgan fingerprint density at radius 3 is 2.43 bits per heavy atom.